The Kier molecular flexibility index (Phi) is 8.29. The normalized spacial score (nSPS) is 11.1. The third-order valence-electron chi connectivity index (χ3n) is 5.64. The van der Waals surface area contributed by atoms with Crippen LogP contribution in [0.1, 0.15) is 28.5 Å². The van der Waals surface area contributed by atoms with E-state index in [9.17, 15) is 9.18 Å². The summed E-state index contributed by atoms with van der Waals surface area (Å²) in [5.74, 6) is -0.0803. The van der Waals surface area contributed by atoms with Crippen LogP contribution < -0.4 is 20.6 Å². The summed E-state index contributed by atoms with van der Waals surface area (Å²) in [5, 5.41) is 19.6. The van der Waals surface area contributed by atoms with Gasteiger partial charge in [-0.15, -0.1) is 5.10 Å². The summed E-state index contributed by atoms with van der Waals surface area (Å²) in [6.45, 7) is 2.44. The van der Waals surface area contributed by atoms with Crippen LogP contribution in [0, 0.1) is 5.82 Å². The molecule has 0 aliphatic rings. The Morgan fingerprint density at radius 2 is 1.93 bits per heavy atom. The van der Waals surface area contributed by atoms with E-state index in [4.69, 9.17) is 15.2 Å². The van der Waals surface area contributed by atoms with Gasteiger partial charge in [-0.1, -0.05) is 47.7 Å². The number of benzene rings is 3. The number of carbonyl (C=O) groups is 1. The topological polar surface area (TPSA) is 156 Å². The number of hydrazone groups is 1. The SMILES string of the molecule is CCOc1cc(/C=N/NC(=O)c2c(-c3ccccc3)nnn2-c2nonc2N)cc(Br)c1OCc1ccc(F)cc1. The van der Waals surface area contributed by atoms with Gasteiger partial charge in [-0.25, -0.2) is 14.4 Å². The molecule has 2 heterocycles. The Hall–Kier alpha value is -5.11. The number of halogens is 2. The fourth-order valence-electron chi connectivity index (χ4n) is 3.78. The number of nitrogens with two attached hydrogens (primary N) is 1. The molecule has 5 rings (SSSR count). The summed E-state index contributed by atoms with van der Waals surface area (Å²) in [6, 6.07) is 18.5. The molecule has 14 heteroatoms. The minimum Gasteiger partial charge on any atom is -0.490 e. The third-order valence-corrected chi connectivity index (χ3v) is 6.23. The van der Waals surface area contributed by atoms with Crippen molar-refractivity contribution in [3.63, 3.8) is 0 Å². The van der Waals surface area contributed by atoms with E-state index >= 15 is 0 Å². The Bertz CT molecular complexity index is 1690. The first kappa shape index (κ1) is 27.5. The quantitative estimate of drug-likeness (QED) is 0.169. The highest BCUT2D eigenvalue weighted by molar-refractivity contribution is 9.10. The van der Waals surface area contributed by atoms with Crippen molar-refractivity contribution in [2.24, 2.45) is 5.10 Å². The third kappa shape index (κ3) is 6.22. The van der Waals surface area contributed by atoms with E-state index in [1.807, 2.05) is 13.0 Å². The number of hydrogen-bond donors (Lipinski definition) is 2. The molecule has 1 amide bonds. The zero-order valence-corrected chi connectivity index (χ0v) is 23.1. The van der Waals surface area contributed by atoms with Crippen molar-refractivity contribution in [1.82, 2.24) is 30.7 Å². The molecule has 0 radical (unpaired) electrons. The van der Waals surface area contributed by atoms with Crippen LogP contribution >= 0.6 is 15.9 Å². The van der Waals surface area contributed by atoms with Crippen LogP contribution in [0.3, 0.4) is 0 Å². The second-order valence-electron chi connectivity index (χ2n) is 8.41. The number of nitrogen functional groups attached to an aromatic ring is 1. The van der Waals surface area contributed by atoms with Gasteiger partial charge in [0.05, 0.1) is 17.3 Å². The lowest BCUT2D eigenvalue weighted by Crippen LogP contribution is -2.22. The van der Waals surface area contributed by atoms with Gasteiger partial charge >= 0.3 is 0 Å². The van der Waals surface area contributed by atoms with Crippen LogP contribution in [-0.2, 0) is 6.61 Å². The average Bonchev–Trinajstić information content (AvgIpc) is 3.60. The van der Waals surface area contributed by atoms with Crippen molar-refractivity contribution in [1.29, 1.82) is 0 Å². The summed E-state index contributed by atoms with van der Waals surface area (Å²) < 4.78 is 31.3. The van der Waals surface area contributed by atoms with Crippen molar-refractivity contribution in [2.75, 3.05) is 12.3 Å². The number of rotatable bonds is 10. The molecule has 0 saturated carbocycles. The minimum absolute atomic E-state index is 0.00956. The number of nitrogens with zero attached hydrogens (tertiary/aromatic N) is 6. The Morgan fingerprint density at radius 3 is 2.63 bits per heavy atom. The lowest BCUT2D eigenvalue weighted by molar-refractivity contribution is 0.0947. The van der Waals surface area contributed by atoms with Crippen LogP contribution in [-0.4, -0.2) is 44.0 Å². The number of carbonyl (C=O) groups excluding carboxylic acids is 1. The summed E-state index contributed by atoms with van der Waals surface area (Å²) in [7, 11) is 0. The molecule has 5 aromatic rings. The molecule has 0 aliphatic carbocycles. The Labute approximate surface area is 241 Å². The summed E-state index contributed by atoms with van der Waals surface area (Å²) in [4.78, 5) is 13.3. The molecule has 0 atom stereocenters. The molecular weight excluding hydrogens is 599 g/mol. The lowest BCUT2D eigenvalue weighted by atomic mass is 10.1. The molecule has 208 valence electrons. The molecule has 3 aromatic carbocycles. The maximum absolute atomic E-state index is 13.3. The standard InChI is InChI=1S/C27H22BrFN8O4/c1-2-39-21-13-17(12-20(28)24(21)40-15-16-8-10-19(29)11-9-16)14-31-33-27(38)23-22(18-6-4-3-5-7-18)32-36-37(23)26-25(30)34-41-35-26/h3-14H,2,15H2,1H3,(H2,30,34)(H,33,38)/b31-14+. The van der Waals surface area contributed by atoms with E-state index in [0.717, 1.165) is 10.2 Å². The van der Waals surface area contributed by atoms with Gasteiger partial charge in [-0.3, -0.25) is 4.79 Å². The van der Waals surface area contributed by atoms with Gasteiger partial charge in [0, 0.05) is 5.56 Å². The number of amides is 1. The summed E-state index contributed by atoms with van der Waals surface area (Å²) in [6.07, 6.45) is 1.44. The highest BCUT2D eigenvalue weighted by Crippen LogP contribution is 2.37. The van der Waals surface area contributed by atoms with E-state index < -0.39 is 5.91 Å². The maximum atomic E-state index is 13.3. The number of nitrogens with one attached hydrogen (secondary N) is 1. The molecular formula is C27H22BrFN8O4. The molecule has 2 aromatic heterocycles. The number of hydrogen-bond acceptors (Lipinski definition) is 10. The lowest BCUT2D eigenvalue weighted by Gasteiger charge is -2.14. The molecule has 0 unspecified atom stereocenters. The predicted molar refractivity (Wildman–Crippen MR) is 150 cm³/mol. The van der Waals surface area contributed by atoms with Crippen LogP contribution in [0.2, 0.25) is 0 Å². The van der Waals surface area contributed by atoms with Gasteiger partial charge in [0.1, 0.15) is 18.1 Å². The largest absolute Gasteiger partial charge is 0.490 e. The zero-order valence-electron chi connectivity index (χ0n) is 21.5. The number of anilines is 1. The van der Waals surface area contributed by atoms with Crippen LogP contribution in [0.25, 0.3) is 17.1 Å². The van der Waals surface area contributed by atoms with E-state index in [1.54, 1.807) is 48.5 Å². The molecule has 0 aliphatic heterocycles. The maximum Gasteiger partial charge on any atom is 0.292 e. The van der Waals surface area contributed by atoms with Crippen molar-refractivity contribution in [3.8, 4) is 28.6 Å². The molecule has 41 heavy (non-hydrogen) atoms. The smallest absolute Gasteiger partial charge is 0.292 e. The van der Waals surface area contributed by atoms with Gasteiger partial charge in [-0.05, 0) is 68.6 Å². The molecule has 3 N–H and O–H groups in total. The summed E-state index contributed by atoms with van der Waals surface area (Å²) in [5.41, 5.74) is 10.7. The highest BCUT2D eigenvalue weighted by Gasteiger charge is 2.26. The molecule has 0 spiro atoms. The van der Waals surface area contributed by atoms with Gasteiger partial charge in [0.2, 0.25) is 11.6 Å². The fourth-order valence-corrected chi connectivity index (χ4v) is 4.36. The van der Waals surface area contributed by atoms with E-state index in [1.165, 1.54) is 18.3 Å². The summed E-state index contributed by atoms with van der Waals surface area (Å²) >= 11 is 3.51. The molecule has 0 fully saturated rings. The van der Waals surface area contributed by atoms with Crippen LogP contribution in [0.4, 0.5) is 10.2 Å². The first-order chi connectivity index (χ1) is 19.9. The monoisotopic (exact) mass is 620 g/mol. The first-order valence-corrected chi connectivity index (χ1v) is 13.0. The average molecular weight is 621 g/mol. The van der Waals surface area contributed by atoms with Crippen molar-refractivity contribution in [2.45, 2.75) is 13.5 Å². The number of ether oxygens (including phenoxy) is 2. The van der Waals surface area contributed by atoms with E-state index in [0.29, 0.717) is 33.7 Å². The highest BCUT2D eigenvalue weighted by atomic mass is 79.9. The predicted octanol–water partition coefficient (Wildman–Crippen LogP) is 4.54. The molecule has 12 nitrogen and oxygen atoms in total. The molecule has 0 bridgehead atoms. The van der Waals surface area contributed by atoms with Crippen LogP contribution in [0.15, 0.2) is 80.9 Å². The second kappa shape index (κ2) is 12.4. The zero-order chi connectivity index (χ0) is 28.8. The van der Waals surface area contributed by atoms with E-state index in [2.05, 4.69) is 51.7 Å². The van der Waals surface area contributed by atoms with Gasteiger partial charge in [0.25, 0.3) is 5.91 Å². The second-order valence-corrected chi connectivity index (χ2v) is 9.27. The van der Waals surface area contributed by atoms with Crippen molar-refractivity contribution < 1.29 is 23.3 Å². The van der Waals surface area contributed by atoms with Crippen molar-refractivity contribution in [3.05, 3.63) is 93.8 Å². The Balaban J connectivity index is 1.38. The van der Waals surface area contributed by atoms with E-state index in [-0.39, 0.29) is 35.4 Å². The van der Waals surface area contributed by atoms with Crippen LogP contribution in [0.5, 0.6) is 11.5 Å². The van der Waals surface area contributed by atoms with Gasteiger partial charge < -0.3 is 15.2 Å². The van der Waals surface area contributed by atoms with Gasteiger partial charge in [-0.2, -0.15) is 9.78 Å². The number of aromatic nitrogens is 5. The first-order valence-electron chi connectivity index (χ1n) is 12.2. The minimum atomic E-state index is -0.629. The fraction of sp³-hybridized carbons (Fsp3) is 0.111. The van der Waals surface area contributed by atoms with Gasteiger partial charge in [0.15, 0.2) is 17.2 Å². The molecule has 0 saturated heterocycles. The Morgan fingerprint density at radius 1 is 1.15 bits per heavy atom. The van der Waals surface area contributed by atoms with Crippen molar-refractivity contribution >= 4 is 33.9 Å².